The minimum Gasteiger partial charge on any atom is -0.329 e. The van der Waals surface area contributed by atoms with Crippen LogP contribution in [0.3, 0.4) is 0 Å². The summed E-state index contributed by atoms with van der Waals surface area (Å²) in [6.07, 6.45) is 7.73. The maximum Gasteiger partial charge on any atom is 0.0494 e. The van der Waals surface area contributed by atoms with Crippen LogP contribution in [-0.2, 0) is 0 Å². The van der Waals surface area contributed by atoms with E-state index in [4.69, 9.17) is 5.73 Å². The van der Waals surface area contributed by atoms with Crippen molar-refractivity contribution in [3.05, 3.63) is 42.2 Å². The second-order valence-electron chi connectivity index (χ2n) is 5.64. The Labute approximate surface area is 120 Å². The Balaban J connectivity index is 2.03. The van der Waals surface area contributed by atoms with Gasteiger partial charge in [-0.1, -0.05) is 31.2 Å². The SMILES string of the molecule is CCC1CCCN1C(CN)c1cncc2ccccc12. The first-order valence-corrected chi connectivity index (χ1v) is 7.63. The van der Waals surface area contributed by atoms with Crippen LogP contribution < -0.4 is 5.73 Å². The molecule has 0 bridgehead atoms. The normalized spacial score (nSPS) is 21.4. The van der Waals surface area contributed by atoms with Gasteiger partial charge in [0.15, 0.2) is 0 Å². The molecule has 1 aliphatic rings. The maximum atomic E-state index is 6.12. The number of fused-ring (bicyclic) bond motifs is 1. The number of nitrogens with two attached hydrogens (primary N) is 1. The van der Waals surface area contributed by atoms with Crippen LogP contribution in [0.5, 0.6) is 0 Å². The van der Waals surface area contributed by atoms with Gasteiger partial charge in [-0.15, -0.1) is 0 Å². The van der Waals surface area contributed by atoms with E-state index in [1.54, 1.807) is 0 Å². The van der Waals surface area contributed by atoms with Gasteiger partial charge in [-0.25, -0.2) is 0 Å². The molecular weight excluding hydrogens is 246 g/mol. The lowest BCUT2D eigenvalue weighted by atomic mass is 9.99. The second-order valence-corrected chi connectivity index (χ2v) is 5.64. The molecule has 1 aliphatic heterocycles. The summed E-state index contributed by atoms with van der Waals surface area (Å²) in [6, 6.07) is 9.44. The molecule has 106 valence electrons. The molecule has 2 atom stereocenters. The van der Waals surface area contributed by atoms with Gasteiger partial charge in [-0.2, -0.15) is 0 Å². The molecule has 1 saturated heterocycles. The highest BCUT2D eigenvalue weighted by molar-refractivity contribution is 5.85. The lowest BCUT2D eigenvalue weighted by Crippen LogP contribution is -2.37. The highest BCUT2D eigenvalue weighted by Crippen LogP contribution is 2.33. The number of pyridine rings is 1. The molecule has 2 aromatic rings. The summed E-state index contributed by atoms with van der Waals surface area (Å²) >= 11 is 0. The van der Waals surface area contributed by atoms with E-state index < -0.39 is 0 Å². The van der Waals surface area contributed by atoms with Gasteiger partial charge in [0, 0.05) is 36.4 Å². The first-order valence-electron chi connectivity index (χ1n) is 7.63. The number of rotatable bonds is 4. The average molecular weight is 269 g/mol. The number of aromatic nitrogens is 1. The van der Waals surface area contributed by atoms with Crippen LogP contribution in [0.1, 0.15) is 37.8 Å². The first kappa shape index (κ1) is 13.5. The predicted molar refractivity (Wildman–Crippen MR) is 83.6 cm³/mol. The highest BCUT2D eigenvalue weighted by Gasteiger charge is 2.30. The van der Waals surface area contributed by atoms with E-state index in [-0.39, 0.29) is 0 Å². The van der Waals surface area contributed by atoms with Crippen molar-refractivity contribution in [3.63, 3.8) is 0 Å². The maximum absolute atomic E-state index is 6.12. The molecule has 0 saturated carbocycles. The Bertz CT molecular complexity index is 576. The van der Waals surface area contributed by atoms with Gasteiger partial charge in [-0.3, -0.25) is 9.88 Å². The van der Waals surface area contributed by atoms with Crippen molar-refractivity contribution in [1.82, 2.24) is 9.88 Å². The molecule has 1 aromatic carbocycles. The molecule has 1 aromatic heterocycles. The van der Waals surface area contributed by atoms with E-state index in [1.165, 1.54) is 35.6 Å². The Morgan fingerprint density at radius 1 is 1.35 bits per heavy atom. The zero-order valence-electron chi connectivity index (χ0n) is 12.1. The Morgan fingerprint density at radius 3 is 3.00 bits per heavy atom. The van der Waals surface area contributed by atoms with Crippen LogP contribution in [0.4, 0.5) is 0 Å². The van der Waals surface area contributed by atoms with Crippen LogP contribution in [0.25, 0.3) is 10.8 Å². The lowest BCUT2D eigenvalue weighted by molar-refractivity contribution is 0.181. The summed E-state index contributed by atoms with van der Waals surface area (Å²) in [5.74, 6) is 0. The second kappa shape index (κ2) is 5.90. The molecule has 2 heterocycles. The molecule has 0 amide bonds. The zero-order chi connectivity index (χ0) is 13.9. The Morgan fingerprint density at radius 2 is 2.20 bits per heavy atom. The molecular formula is C17H23N3. The van der Waals surface area contributed by atoms with Gasteiger partial charge in [0.1, 0.15) is 0 Å². The van der Waals surface area contributed by atoms with Crippen molar-refractivity contribution in [1.29, 1.82) is 0 Å². The molecule has 1 fully saturated rings. The van der Waals surface area contributed by atoms with Crippen LogP contribution in [0.15, 0.2) is 36.7 Å². The van der Waals surface area contributed by atoms with Gasteiger partial charge in [0.25, 0.3) is 0 Å². The van der Waals surface area contributed by atoms with Crippen molar-refractivity contribution >= 4 is 10.8 Å². The van der Waals surface area contributed by atoms with Crippen LogP contribution in [-0.4, -0.2) is 29.0 Å². The number of benzene rings is 1. The van der Waals surface area contributed by atoms with Gasteiger partial charge >= 0.3 is 0 Å². The predicted octanol–water partition coefficient (Wildman–Crippen LogP) is 3.11. The van der Waals surface area contributed by atoms with E-state index in [0.717, 1.165) is 6.54 Å². The van der Waals surface area contributed by atoms with E-state index in [9.17, 15) is 0 Å². The fraction of sp³-hybridized carbons (Fsp3) is 0.471. The van der Waals surface area contributed by atoms with Crippen molar-refractivity contribution < 1.29 is 0 Å². The summed E-state index contributed by atoms with van der Waals surface area (Å²) in [4.78, 5) is 7.01. The monoisotopic (exact) mass is 269 g/mol. The van der Waals surface area contributed by atoms with Crippen LogP contribution in [0.2, 0.25) is 0 Å². The molecule has 3 rings (SSSR count). The molecule has 2 unspecified atom stereocenters. The number of likely N-dealkylation sites (tertiary alicyclic amines) is 1. The Kier molecular flexibility index (Phi) is 3.99. The fourth-order valence-electron chi connectivity index (χ4n) is 3.55. The fourth-order valence-corrected chi connectivity index (χ4v) is 3.55. The molecule has 3 heteroatoms. The standard InChI is InChI=1S/C17H23N3/c1-2-14-7-5-9-20(14)17(10-18)16-12-19-11-13-6-3-4-8-15(13)16/h3-4,6,8,11-12,14,17H,2,5,7,9-10,18H2,1H3. The molecule has 0 radical (unpaired) electrons. The largest absolute Gasteiger partial charge is 0.329 e. The van der Waals surface area contributed by atoms with E-state index in [0.29, 0.717) is 18.6 Å². The third-order valence-corrected chi connectivity index (χ3v) is 4.58. The summed E-state index contributed by atoms with van der Waals surface area (Å²) in [5.41, 5.74) is 7.41. The topological polar surface area (TPSA) is 42.1 Å². The molecule has 2 N–H and O–H groups in total. The van der Waals surface area contributed by atoms with Gasteiger partial charge in [0.2, 0.25) is 0 Å². The smallest absolute Gasteiger partial charge is 0.0494 e. The number of nitrogens with zero attached hydrogens (tertiary/aromatic N) is 2. The lowest BCUT2D eigenvalue weighted by Gasteiger charge is -2.32. The third kappa shape index (κ3) is 2.32. The quantitative estimate of drug-likeness (QED) is 0.927. The zero-order valence-corrected chi connectivity index (χ0v) is 12.1. The third-order valence-electron chi connectivity index (χ3n) is 4.58. The summed E-state index contributed by atoms with van der Waals surface area (Å²) in [6.45, 7) is 4.09. The molecule has 3 nitrogen and oxygen atoms in total. The summed E-state index contributed by atoms with van der Waals surface area (Å²) in [7, 11) is 0. The van der Waals surface area contributed by atoms with Crippen molar-refractivity contribution in [2.24, 2.45) is 5.73 Å². The molecule has 0 aliphatic carbocycles. The summed E-state index contributed by atoms with van der Waals surface area (Å²) < 4.78 is 0. The number of hydrogen-bond acceptors (Lipinski definition) is 3. The van der Waals surface area contributed by atoms with E-state index in [2.05, 4.69) is 41.1 Å². The van der Waals surface area contributed by atoms with Gasteiger partial charge in [-0.05, 0) is 36.8 Å². The van der Waals surface area contributed by atoms with Crippen molar-refractivity contribution in [2.45, 2.75) is 38.3 Å². The van der Waals surface area contributed by atoms with Crippen LogP contribution in [0, 0.1) is 0 Å². The number of hydrogen-bond donors (Lipinski definition) is 1. The molecule has 0 spiro atoms. The minimum atomic E-state index is 0.293. The Hall–Kier alpha value is -1.45. The molecule has 20 heavy (non-hydrogen) atoms. The van der Waals surface area contributed by atoms with E-state index in [1.807, 2.05) is 12.4 Å². The van der Waals surface area contributed by atoms with Crippen molar-refractivity contribution in [2.75, 3.05) is 13.1 Å². The van der Waals surface area contributed by atoms with Crippen LogP contribution >= 0.6 is 0 Å². The average Bonchev–Trinajstić information content (AvgIpc) is 2.97. The highest BCUT2D eigenvalue weighted by atomic mass is 15.2. The van der Waals surface area contributed by atoms with Gasteiger partial charge in [0.05, 0.1) is 0 Å². The van der Waals surface area contributed by atoms with Crippen molar-refractivity contribution in [3.8, 4) is 0 Å². The van der Waals surface area contributed by atoms with E-state index >= 15 is 0 Å². The van der Waals surface area contributed by atoms with Gasteiger partial charge < -0.3 is 5.73 Å². The first-order chi connectivity index (χ1) is 9.85. The summed E-state index contributed by atoms with van der Waals surface area (Å²) in [5, 5.41) is 2.50. The minimum absolute atomic E-state index is 0.293.